The topological polar surface area (TPSA) is 91.3 Å². The molecule has 7 heteroatoms. The van der Waals surface area contributed by atoms with Crippen LogP contribution >= 0.6 is 0 Å². The summed E-state index contributed by atoms with van der Waals surface area (Å²) in [5.74, 6) is -0.391. The molecule has 2 rings (SSSR count). The second kappa shape index (κ2) is 6.27. The number of nitrogens with two attached hydrogens (primary N) is 1. The molecule has 0 bridgehead atoms. The van der Waals surface area contributed by atoms with E-state index in [1.54, 1.807) is 12.1 Å². The van der Waals surface area contributed by atoms with Gasteiger partial charge in [0.05, 0.1) is 16.8 Å². The number of ether oxygens (including phenoxy) is 1. The molecule has 0 radical (unpaired) electrons. The van der Waals surface area contributed by atoms with Gasteiger partial charge in [0, 0.05) is 18.2 Å². The number of rotatable bonds is 5. The molecule has 110 valence electrons. The van der Waals surface area contributed by atoms with Crippen LogP contribution in [0.5, 0.6) is 11.5 Å². The SMILES string of the molecule is CC[C@@H](N)c1ccc(Oc2ccc([N+](=O)[O-])c(F)c2)cn1. The van der Waals surface area contributed by atoms with Gasteiger partial charge >= 0.3 is 5.69 Å². The highest BCUT2D eigenvalue weighted by atomic mass is 19.1. The second-order valence-corrected chi connectivity index (χ2v) is 4.41. The minimum absolute atomic E-state index is 0.143. The zero-order valence-corrected chi connectivity index (χ0v) is 11.3. The van der Waals surface area contributed by atoms with Crippen LogP contribution < -0.4 is 10.5 Å². The highest BCUT2D eigenvalue weighted by Gasteiger charge is 2.14. The van der Waals surface area contributed by atoms with Gasteiger partial charge in [0.2, 0.25) is 5.82 Å². The molecular formula is C14H14FN3O3. The van der Waals surface area contributed by atoms with E-state index < -0.39 is 16.4 Å². The summed E-state index contributed by atoms with van der Waals surface area (Å²) in [6.07, 6.45) is 2.24. The molecule has 0 saturated heterocycles. The lowest BCUT2D eigenvalue weighted by Gasteiger charge is -2.09. The molecule has 0 aliphatic carbocycles. The average molecular weight is 291 g/mol. The minimum Gasteiger partial charge on any atom is -0.456 e. The lowest BCUT2D eigenvalue weighted by atomic mass is 10.1. The first kappa shape index (κ1) is 14.9. The monoisotopic (exact) mass is 291 g/mol. The summed E-state index contributed by atoms with van der Waals surface area (Å²) in [7, 11) is 0. The zero-order chi connectivity index (χ0) is 15.4. The maximum Gasteiger partial charge on any atom is 0.305 e. The van der Waals surface area contributed by atoms with Crippen LogP contribution in [-0.2, 0) is 0 Å². The molecule has 1 atom stereocenters. The Hall–Kier alpha value is -2.54. The Labute approximate surface area is 120 Å². The summed E-state index contributed by atoms with van der Waals surface area (Å²) < 4.78 is 18.9. The van der Waals surface area contributed by atoms with Crippen LogP contribution in [0, 0.1) is 15.9 Å². The third-order valence-corrected chi connectivity index (χ3v) is 2.93. The molecule has 21 heavy (non-hydrogen) atoms. The molecule has 0 unspecified atom stereocenters. The van der Waals surface area contributed by atoms with Gasteiger partial charge in [0.25, 0.3) is 0 Å². The Kier molecular flexibility index (Phi) is 4.44. The standard InChI is InChI=1S/C14H14FN3O3/c1-2-12(16)13-5-3-10(8-17-13)21-9-4-6-14(18(19)20)11(15)7-9/h3-8,12H,2,16H2,1H3/t12-/m1/s1. The summed E-state index contributed by atoms with van der Waals surface area (Å²) in [5, 5.41) is 10.5. The van der Waals surface area contributed by atoms with Gasteiger partial charge in [-0.2, -0.15) is 4.39 Å². The van der Waals surface area contributed by atoms with E-state index in [9.17, 15) is 14.5 Å². The van der Waals surface area contributed by atoms with E-state index in [-0.39, 0.29) is 11.8 Å². The summed E-state index contributed by atoms with van der Waals surface area (Å²) in [6, 6.07) is 6.59. The minimum atomic E-state index is -0.949. The van der Waals surface area contributed by atoms with Crippen molar-refractivity contribution in [1.82, 2.24) is 4.98 Å². The number of halogens is 1. The Morgan fingerprint density at radius 3 is 2.62 bits per heavy atom. The molecule has 1 aromatic carbocycles. The van der Waals surface area contributed by atoms with Crippen LogP contribution in [0.3, 0.4) is 0 Å². The molecule has 0 spiro atoms. The third-order valence-electron chi connectivity index (χ3n) is 2.93. The Morgan fingerprint density at radius 2 is 2.10 bits per heavy atom. The van der Waals surface area contributed by atoms with E-state index in [0.717, 1.165) is 24.2 Å². The normalized spacial score (nSPS) is 12.0. The Morgan fingerprint density at radius 1 is 1.38 bits per heavy atom. The first-order valence-electron chi connectivity index (χ1n) is 6.34. The number of aromatic nitrogens is 1. The van der Waals surface area contributed by atoms with Crippen molar-refractivity contribution in [1.29, 1.82) is 0 Å². The lowest BCUT2D eigenvalue weighted by Crippen LogP contribution is -2.10. The van der Waals surface area contributed by atoms with E-state index in [1.807, 2.05) is 6.92 Å². The van der Waals surface area contributed by atoms with Crippen molar-refractivity contribution in [3.8, 4) is 11.5 Å². The highest BCUT2D eigenvalue weighted by molar-refractivity contribution is 5.39. The maximum absolute atomic E-state index is 13.5. The van der Waals surface area contributed by atoms with Crippen molar-refractivity contribution >= 4 is 5.69 Å². The van der Waals surface area contributed by atoms with Crippen molar-refractivity contribution < 1.29 is 14.1 Å². The lowest BCUT2D eigenvalue weighted by molar-refractivity contribution is -0.387. The van der Waals surface area contributed by atoms with Gasteiger partial charge in [-0.1, -0.05) is 6.92 Å². The maximum atomic E-state index is 13.5. The molecule has 0 aliphatic rings. The number of nitro groups is 1. The number of hydrogen-bond acceptors (Lipinski definition) is 5. The fourth-order valence-corrected chi connectivity index (χ4v) is 1.72. The summed E-state index contributed by atoms with van der Waals surface area (Å²) in [4.78, 5) is 13.9. The molecule has 2 N–H and O–H groups in total. The molecule has 0 fully saturated rings. The van der Waals surface area contributed by atoms with Crippen LogP contribution in [0.2, 0.25) is 0 Å². The van der Waals surface area contributed by atoms with Crippen LogP contribution in [0.4, 0.5) is 10.1 Å². The summed E-state index contributed by atoms with van der Waals surface area (Å²) in [5.41, 5.74) is 5.99. The molecule has 1 aromatic heterocycles. The van der Waals surface area contributed by atoms with Gasteiger partial charge in [-0.15, -0.1) is 0 Å². The third kappa shape index (κ3) is 3.51. The van der Waals surface area contributed by atoms with E-state index in [0.29, 0.717) is 5.75 Å². The van der Waals surface area contributed by atoms with E-state index in [1.165, 1.54) is 12.3 Å². The van der Waals surface area contributed by atoms with Gasteiger partial charge in [-0.25, -0.2) is 0 Å². The first-order valence-corrected chi connectivity index (χ1v) is 6.34. The van der Waals surface area contributed by atoms with Crippen molar-refractivity contribution in [2.45, 2.75) is 19.4 Å². The Bertz CT molecular complexity index is 646. The van der Waals surface area contributed by atoms with Crippen LogP contribution in [0.1, 0.15) is 25.1 Å². The van der Waals surface area contributed by atoms with Crippen molar-refractivity contribution in [2.75, 3.05) is 0 Å². The van der Waals surface area contributed by atoms with Gasteiger partial charge in [0.1, 0.15) is 11.5 Å². The fourth-order valence-electron chi connectivity index (χ4n) is 1.72. The molecular weight excluding hydrogens is 277 g/mol. The predicted molar refractivity (Wildman–Crippen MR) is 74.6 cm³/mol. The number of nitrogens with zero attached hydrogens (tertiary/aromatic N) is 2. The van der Waals surface area contributed by atoms with E-state index >= 15 is 0 Å². The predicted octanol–water partition coefficient (Wildman–Crippen LogP) is 3.33. The van der Waals surface area contributed by atoms with Crippen LogP contribution in [0.25, 0.3) is 0 Å². The van der Waals surface area contributed by atoms with E-state index in [4.69, 9.17) is 10.5 Å². The summed E-state index contributed by atoms with van der Waals surface area (Å²) in [6.45, 7) is 1.95. The first-order chi connectivity index (χ1) is 10.0. The van der Waals surface area contributed by atoms with Gasteiger partial charge in [-0.05, 0) is 24.6 Å². The second-order valence-electron chi connectivity index (χ2n) is 4.41. The van der Waals surface area contributed by atoms with Gasteiger partial charge in [0.15, 0.2) is 0 Å². The largest absolute Gasteiger partial charge is 0.456 e. The zero-order valence-electron chi connectivity index (χ0n) is 11.3. The number of hydrogen-bond donors (Lipinski definition) is 1. The van der Waals surface area contributed by atoms with Gasteiger partial charge in [-0.3, -0.25) is 15.1 Å². The number of nitro benzene ring substituents is 1. The molecule has 0 amide bonds. The molecule has 6 nitrogen and oxygen atoms in total. The molecule has 1 heterocycles. The van der Waals surface area contributed by atoms with E-state index in [2.05, 4.69) is 4.98 Å². The fraction of sp³-hybridized carbons (Fsp3) is 0.214. The van der Waals surface area contributed by atoms with Crippen molar-refractivity contribution in [3.63, 3.8) is 0 Å². The van der Waals surface area contributed by atoms with Crippen LogP contribution in [0.15, 0.2) is 36.5 Å². The highest BCUT2D eigenvalue weighted by Crippen LogP contribution is 2.26. The quantitative estimate of drug-likeness (QED) is 0.674. The van der Waals surface area contributed by atoms with Crippen molar-refractivity contribution in [2.24, 2.45) is 5.73 Å². The average Bonchev–Trinajstić information content (AvgIpc) is 2.47. The molecule has 0 aliphatic heterocycles. The molecule has 2 aromatic rings. The van der Waals surface area contributed by atoms with Crippen LogP contribution in [-0.4, -0.2) is 9.91 Å². The number of pyridine rings is 1. The summed E-state index contributed by atoms with van der Waals surface area (Å²) >= 11 is 0. The molecule has 0 saturated carbocycles. The number of benzene rings is 1. The smallest absolute Gasteiger partial charge is 0.305 e. The van der Waals surface area contributed by atoms with Gasteiger partial charge < -0.3 is 10.5 Å². The van der Waals surface area contributed by atoms with Crippen molar-refractivity contribution in [3.05, 3.63) is 58.2 Å². The Balaban J connectivity index is 2.15.